The van der Waals surface area contributed by atoms with Gasteiger partial charge in [-0.1, -0.05) is 48.0 Å². The van der Waals surface area contributed by atoms with Crippen LogP contribution in [0.2, 0.25) is 5.02 Å². The number of benzene rings is 3. The maximum absolute atomic E-state index is 14.6. The second kappa shape index (κ2) is 7.91. The van der Waals surface area contributed by atoms with Crippen molar-refractivity contribution in [2.45, 2.75) is 36.8 Å². The number of ketones is 1. The van der Waals surface area contributed by atoms with Crippen LogP contribution >= 0.6 is 11.6 Å². The summed E-state index contributed by atoms with van der Waals surface area (Å²) in [7, 11) is 1.56. The highest BCUT2D eigenvalue weighted by Crippen LogP contribution is 2.68. The molecule has 3 aromatic rings. The average molecular weight is 528 g/mol. The highest BCUT2D eigenvalue weighted by Gasteiger charge is 2.81. The quantitative estimate of drug-likeness (QED) is 0.483. The number of carbonyl (C=O) groups is 3. The maximum atomic E-state index is 14.6. The van der Waals surface area contributed by atoms with Gasteiger partial charge in [0.2, 0.25) is 5.91 Å². The monoisotopic (exact) mass is 527 g/mol. The highest BCUT2D eigenvalue weighted by atomic mass is 35.5. The number of anilines is 2. The lowest BCUT2D eigenvalue weighted by atomic mass is 9.57. The molecule has 2 amide bonds. The third kappa shape index (κ3) is 2.60. The Morgan fingerprint density at radius 1 is 1.03 bits per heavy atom. The van der Waals surface area contributed by atoms with Crippen molar-refractivity contribution in [3.63, 3.8) is 0 Å². The molecule has 0 radical (unpaired) electrons. The number of fused-ring (bicyclic) bond motifs is 7. The summed E-state index contributed by atoms with van der Waals surface area (Å²) in [5.74, 6) is -1.08. The number of ether oxygens (including phenoxy) is 1. The summed E-state index contributed by atoms with van der Waals surface area (Å²) in [5.41, 5.74) is 0.866. The number of hydrogen-bond donors (Lipinski definition) is 2. The third-order valence-electron chi connectivity index (χ3n) is 8.94. The molecular formula is C30H26ClN3O4. The molecule has 192 valence electrons. The van der Waals surface area contributed by atoms with E-state index in [9.17, 15) is 14.4 Å². The van der Waals surface area contributed by atoms with Crippen LogP contribution in [0.4, 0.5) is 11.4 Å². The number of nitrogens with zero attached hydrogens (tertiary/aromatic N) is 1. The number of aryl methyl sites for hydroxylation is 1. The zero-order chi connectivity index (χ0) is 26.4. The predicted octanol–water partition coefficient (Wildman–Crippen LogP) is 4.67. The lowest BCUT2D eigenvalue weighted by molar-refractivity contribution is -0.137. The first kappa shape index (κ1) is 23.4. The van der Waals surface area contributed by atoms with Crippen molar-refractivity contribution in [3.8, 4) is 5.75 Å². The Labute approximate surface area is 225 Å². The minimum atomic E-state index is -1.50. The average Bonchev–Trinajstić information content (AvgIpc) is 3.63. The Balaban J connectivity index is 1.59. The number of methoxy groups -OCH3 is 1. The molecule has 2 N–H and O–H groups in total. The van der Waals surface area contributed by atoms with Gasteiger partial charge in [0, 0.05) is 22.9 Å². The minimum Gasteiger partial charge on any atom is -0.497 e. The molecule has 4 heterocycles. The van der Waals surface area contributed by atoms with Gasteiger partial charge in [-0.15, -0.1) is 0 Å². The number of carbonyl (C=O) groups excluding carboxylic acids is 3. The number of Topliss-reactive ketones (excluding diaryl/α,β-unsaturated/α-hetero) is 1. The number of amides is 2. The van der Waals surface area contributed by atoms with Crippen LogP contribution in [-0.2, 0) is 20.5 Å². The lowest BCUT2D eigenvalue weighted by Gasteiger charge is -2.43. The Hall–Kier alpha value is -3.68. The van der Waals surface area contributed by atoms with Gasteiger partial charge in [0.15, 0.2) is 5.78 Å². The summed E-state index contributed by atoms with van der Waals surface area (Å²) in [6.45, 7) is 2.51. The molecule has 4 atom stereocenters. The second-order valence-corrected chi connectivity index (χ2v) is 11.0. The van der Waals surface area contributed by atoms with Crippen LogP contribution in [-0.4, -0.2) is 42.2 Å². The minimum absolute atomic E-state index is 0.176. The fraction of sp³-hybridized carbons (Fsp3) is 0.300. The van der Waals surface area contributed by atoms with Gasteiger partial charge in [-0.05, 0) is 61.7 Å². The Kier molecular flexibility index (Phi) is 4.88. The standard InChI is InChI=1S/C30H26ClN3O4/c1-16-13-20-25(21(31)14-16)33-28(37)30(20)29(19-9-3-4-10-22(19)32-27(29)36)24(23-11-6-12-34(23)30)26(35)17-7-5-8-18(15-17)38-2/h3-5,7-10,13-15,23-24H,6,11-12H2,1-2H3,(H,32,36)(H,33,37)/t23-,24+,29+,30+/m1/s1. The van der Waals surface area contributed by atoms with Crippen LogP contribution < -0.4 is 15.4 Å². The van der Waals surface area contributed by atoms with E-state index in [2.05, 4.69) is 15.5 Å². The summed E-state index contributed by atoms with van der Waals surface area (Å²) in [6, 6.07) is 17.9. The molecule has 0 unspecified atom stereocenters. The van der Waals surface area contributed by atoms with E-state index in [0.29, 0.717) is 51.8 Å². The Bertz CT molecular complexity index is 1570. The SMILES string of the molecule is COc1cccc(C(=O)[C@@H]2[C@H]3CCCN3[C@@]3(C(=O)Nc4c(Cl)cc(C)cc43)[C@]23C(=O)Nc2ccccc23)c1. The molecule has 3 aromatic carbocycles. The van der Waals surface area contributed by atoms with Gasteiger partial charge >= 0.3 is 0 Å². The Morgan fingerprint density at radius 2 is 1.84 bits per heavy atom. The Morgan fingerprint density at radius 3 is 2.66 bits per heavy atom. The first-order chi connectivity index (χ1) is 18.3. The predicted molar refractivity (Wildman–Crippen MR) is 144 cm³/mol. The van der Waals surface area contributed by atoms with Crippen molar-refractivity contribution >= 4 is 40.6 Å². The van der Waals surface area contributed by atoms with Crippen LogP contribution in [0.3, 0.4) is 0 Å². The number of hydrogen-bond acceptors (Lipinski definition) is 5. The van der Waals surface area contributed by atoms with Crippen molar-refractivity contribution < 1.29 is 19.1 Å². The normalized spacial score (nSPS) is 28.8. The molecule has 2 spiro atoms. The van der Waals surface area contributed by atoms with E-state index >= 15 is 0 Å². The van der Waals surface area contributed by atoms with Gasteiger partial charge in [-0.25, -0.2) is 0 Å². The molecule has 38 heavy (non-hydrogen) atoms. The van der Waals surface area contributed by atoms with Crippen molar-refractivity contribution in [2.75, 3.05) is 24.3 Å². The molecule has 7 rings (SSSR count). The fourth-order valence-electron chi connectivity index (χ4n) is 7.73. The molecule has 0 saturated carbocycles. The van der Waals surface area contributed by atoms with Crippen molar-refractivity contribution in [2.24, 2.45) is 5.92 Å². The van der Waals surface area contributed by atoms with E-state index in [1.54, 1.807) is 31.4 Å². The first-order valence-corrected chi connectivity index (χ1v) is 13.2. The molecule has 0 aliphatic carbocycles. The van der Waals surface area contributed by atoms with Crippen LogP contribution in [0, 0.1) is 12.8 Å². The van der Waals surface area contributed by atoms with E-state index in [-0.39, 0.29) is 23.6 Å². The molecule has 0 aromatic heterocycles. The van der Waals surface area contributed by atoms with Gasteiger partial charge in [0.1, 0.15) is 16.7 Å². The second-order valence-electron chi connectivity index (χ2n) is 10.6. The first-order valence-electron chi connectivity index (χ1n) is 12.8. The van der Waals surface area contributed by atoms with Crippen molar-refractivity contribution in [3.05, 3.63) is 87.9 Å². The highest BCUT2D eigenvalue weighted by molar-refractivity contribution is 6.35. The largest absolute Gasteiger partial charge is 0.497 e. The fourth-order valence-corrected chi connectivity index (χ4v) is 8.05. The van der Waals surface area contributed by atoms with Gasteiger partial charge in [0.25, 0.3) is 5.91 Å². The van der Waals surface area contributed by atoms with Crippen molar-refractivity contribution in [1.82, 2.24) is 4.90 Å². The summed E-state index contributed by atoms with van der Waals surface area (Å²) >= 11 is 6.69. The van der Waals surface area contributed by atoms with Gasteiger partial charge < -0.3 is 15.4 Å². The van der Waals surface area contributed by atoms with Crippen LogP contribution in [0.1, 0.15) is 39.9 Å². The van der Waals surface area contributed by atoms with E-state index in [4.69, 9.17) is 16.3 Å². The summed E-state index contributed by atoms with van der Waals surface area (Å²) in [5, 5.41) is 6.51. The summed E-state index contributed by atoms with van der Waals surface area (Å²) in [6.07, 6.45) is 1.51. The maximum Gasteiger partial charge on any atom is 0.251 e. The van der Waals surface area contributed by atoms with E-state index in [1.807, 2.05) is 43.3 Å². The third-order valence-corrected chi connectivity index (χ3v) is 9.24. The molecule has 8 heteroatoms. The summed E-state index contributed by atoms with van der Waals surface area (Å²) < 4.78 is 5.41. The van der Waals surface area contributed by atoms with E-state index in [1.165, 1.54) is 0 Å². The smallest absolute Gasteiger partial charge is 0.251 e. The molecule has 4 aliphatic rings. The number of nitrogens with one attached hydrogen (secondary N) is 2. The lowest BCUT2D eigenvalue weighted by Crippen LogP contribution is -2.62. The molecular weight excluding hydrogens is 502 g/mol. The number of para-hydroxylation sites is 1. The van der Waals surface area contributed by atoms with Gasteiger partial charge in [0.05, 0.1) is 23.7 Å². The van der Waals surface area contributed by atoms with E-state index < -0.39 is 16.9 Å². The van der Waals surface area contributed by atoms with Gasteiger partial charge in [-0.2, -0.15) is 0 Å². The number of rotatable bonds is 3. The molecule has 0 bridgehead atoms. The molecule has 7 nitrogen and oxygen atoms in total. The summed E-state index contributed by atoms with van der Waals surface area (Å²) in [4.78, 5) is 45.7. The van der Waals surface area contributed by atoms with Crippen LogP contribution in [0.25, 0.3) is 0 Å². The van der Waals surface area contributed by atoms with Crippen molar-refractivity contribution in [1.29, 1.82) is 0 Å². The van der Waals surface area contributed by atoms with Gasteiger partial charge in [-0.3, -0.25) is 19.3 Å². The van der Waals surface area contributed by atoms with Crippen LogP contribution in [0.15, 0.2) is 60.7 Å². The van der Waals surface area contributed by atoms with E-state index in [0.717, 1.165) is 12.0 Å². The zero-order valence-electron chi connectivity index (χ0n) is 21.0. The van der Waals surface area contributed by atoms with Crippen LogP contribution in [0.5, 0.6) is 5.75 Å². The molecule has 4 aliphatic heterocycles. The molecule has 2 saturated heterocycles. The molecule has 2 fully saturated rings. The zero-order valence-corrected chi connectivity index (χ0v) is 21.8. The number of halogens is 1. The topological polar surface area (TPSA) is 87.7 Å².